The van der Waals surface area contributed by atoms with Crippen LogP contribution in [-0.2, 0) is 0 Å². The van der Waals surface area contributed by atoms with Crippen molar-refractivity contribution in [3.05, 3.63) is 35.0 Å². The predicted molar refractivity (Wildman–Crippen MR) is 82.9 cm³/mol. The summed E-state index contributed by atoms with van der Waals surface area (Å²) in [5.41, 5.74) is 2.11. The minimum Gasteiger partial charge on any atom is -0.314 e. The molecule has 0 aromatic carbocycles. The number of aromatic nitrogens is 2. The average molecular weight is 288 g/mol. The Bertz CT molecular complexity index is 561. The van der Waals surface area contributed by atoms with Gasteiger partial charge < -0.3 is 5.32 Å². The lowest BCUT2D eigenvalue weighted by Crippen LogP contribution is -2.44. The van der Waals surface area contributed by atoms with E-state index < -0.39 is 0 Å². The Morgan fingerprint density at radius 2 is 2.10 bits per heavy atom. The smallest absolute Gasteiger partial charge is 0.142 e. The highest BCUT2D eigenvalue weighted by Gasteiger charge is 2.22. The van der Waals surface area contributed by atoms with Crippen molar-refractivity contribution in [2.24, 2.45) is 0 Å². The first kappa shape index (κ1) is 13.7. The fourth-order valence-electron chi connectivity index (χ4n) is 2.63. The zero-order chi connectivity index (χ0) is 13.9. The van der Waals surface area contributed by atoms with Crippen LogP contribution in [0.15, 0.2) is 24.4 Å². The van der Waals surface area contributed by atoms with Gasteiger partial charge >= 0.3 is 0 Å². The van der Waals surface area contributed by atoms with Crippen molar-refractivity contribution in [2.45, 2.75) is 19.9 Å². The normalized spacial score (nSPS) is 18.1. The van der Waals surface area contributed by atoms with Crippen molar-refractivity contribution in [3.63, 3.8) is 0 Å². The van der Waals surface area contributed by atoms with Crippen molar-refractivity contribution in [2.75, 3.05) is 26.2 Å². The van der Waals surface area contributed by atoms with Crippen LogP contribution in [0.25, 0.3) is 10.7 Å². The molecule has 1 aliphatic rings. The maximum absolute atomic E-state index is 4.71. The van der Waals surface area contributed by atoms with Crippen LogP contribution in [0.3, 0.4) is 0 Å². The Balaban J connectivity index is 1.85. The zero-order valence-electron chi connectivity index (χ0n) is 12.0. The summed E-state index contributed by atoms with van der Waals surface area (Å²) in [5, 5.41) is 4.43. The fraction of sp³-hybridized carbons (Fsp3) is 0.467. The number of rotatable bonds is 3. The molecule has 5 heteroatoms. The molecule has 4 nitrogen and oxygen atoms in total. The van der Waals surface area contributed by atoms with Gasteiger partial charge in [0.1, 0.15) is 5.01 Å². The van der Waals surface area contributed by atoms with Crippen LogP contribution in [-0.4, -0.2) is 41.0 Å². The van der Waals surface area contributed by atoms with Crippen molar-refractivity contribution < 1.29 is 0 Å². The van der Waals surface area contributed by atoms with Crippen LogP contribution >= 0.6 is 11.3 Å². The van der Waals surface area contributed by atoms with Crippen LogP contribution in [0.2, 0.25) is 0 Å². The number of thiazole rings is 1. The highest BCUT2D eigenvalue weighted by molar-refractivity contribution is 7.15. The molecule has 1 unspecified atom stereocenters. The van der Waals surface area contributed by atoms with E-state index in [2.05, 4.69) is 29.0 Å². The zero-order valence-corrected chi connectivity index (χ0v) is 12.8. The summed E-state index contributed by atoms with van der Waals surface area (Å²) in [5.74, 6) is 0. The number of nitrogens with one attached hydrogen (secondary N) is 1. The molecule has 0 amide bonds. The van der Waals surface area contributed by atoms with Crippen molar-refractivity contribution in [1.82, 2.24) is 20.2 Å². The monoisotopic (exact) mass is 288 g/mol. The lowest BCUT2D eigenvalue weighted by atomic mass is 10.2. The second kappa shape index (κ2) is 5.99. The van der Waals surface area contributed by atoms with Gasteiger partial charge in [-0.15, -0.1) is 11.3 Å². The van der Waals surface area contributed by atoms with Crippen molar-refractivity contribution in [3.8, 4) is 10.7 Å². The molecule has 1 saturated heterocycles. The van der Waals surface area contributed by atoms with Gasteiger partial charge in [-0.25, -0.2) is 4.98 Å². The summed E-state index contributed by atoms with van der Waals surface area (Å²) >= 11 is 1.78. The van der Waals surface area contributed by atoms with E-state index in [1.807, 2.05) is 24.4 Å². The minimum absolute atomic E-state index is 0.437. The lowest BCUT2D eigenvalue weighted by molar-refractivity contribution is 0.187. The number of nitrogens with zero attached hydrogens (tertiary/aromatic N) is 3. The number of hydrogen-bond acceptors (Lipinski definition) is 5. The molecule has 2 aromatic rings. The van der Waals surface area contributed by atoms with Gasteiger partial charge in [-0.2, -0.15) is 0 Å². The average Bonchev–Trinajstić information content (AvgIpc) is 2.90. The minimum atomic E-state index is 0.437. The maximum Gasteiger partial charge on any atom is 0.142 e. The highest BCUT2D eigenvalue weighted by Crippen LogP contribution is 2.33. The SMILES string of the molecule is Cc1nc(-c2ccccn2)sc1C(C)N1CCNCC1. The fourth-order valence-corrected chi connectivity index (χ4v) is 3.76. The summed E-state index contributed by atoms with van der Waals surface area (Å²) < 4.78 is 0. The predicted octanol–water partition coefficient (Wildman–Crippen LogP) is 2.48. The third kappa shape index (κ3) is 2.75. The second-order valence-electron chi connectivity index (χ2n) is 5.15. The molecule has 0 spiro atoms. The van der Waals surface area contributed by atoms with Crippen LogP contribution in [0, 0.1) is 6.92 Å². The first-order chi connectivity index (χ1) is 9.75. The summed E-state index contributed by atoms with van der Waals surface area (Å²) in [6.07, 6.45) is 1.82. The molecule has 0 radical (unpaired) electrons. The van der Waals surface area contributed by atoms with Gasteiger partial charge in [0.25, 0.3) is 0 Å². The van der Waals surface area contributed by atoms with Crippen molar-refractivity contribution in [1.29, 1.82) is 0 Å². The number of hydrogen-bond donors (Lipinski definition) is 1. The highest BCUT2D eigenvalue weighted by atomic mass is 32.1. The summed E-state index contributed by atoms with van der Waals surface area (Å²) in [7, 11) is 0. The molecule has 1 atom stereocenters. The van der Waals surface area contributed by atoms with Gasteiger partial charge in [-0.1, -0.05) is 6.07 Å². The van der Waals surface area contributed by atoms with E-state index in [4.69, 9.17) is 4.98 Å². The number of pyridine rings is 1. The summed E-state index contributed by atoms with van der Waals surface area (Å²) in [6, 6.07) is 6.41. The van der Waals surface area contributed by atoms with E-state index in [1.165, 1.54) is 4.88 Å². The van der Waals surface area contributed by atoms with Crippen molar-refractivity contribution >= 4 is 11.3 Å². The quantitative estimate of drug-likeness (QED) is 0.942. The molecule has 0 saturated carbocycles. The van der Waals surface area contributed by atoms with E-state index in [9.17, 15) is 0 Å². The van der Waals surface area contributed by atoms with Gasteiger partial charge in [0.2, 0.25) is 0 Å². The lowest BCUT2D eigenvalue weighted by Gasteiger charge is -2.32. The van der Waals surface area contributed by atoms with E-state index in [1.54, 1.807) is 11.3 Å². The Kier molecular flexibility index (Phi) is 4.10. The molecule has 1 N–H and O–H groups in total. The van der Waals surface area contributed by atoms with E-state index in [0.717, 1.165) is 42.6 Å². The second-order valence-corrected chi connectivity index (χ2v) is 6.18. The Labute approximate surface area is 123 Å². The van der Waals surface area contributed by atoms with E-state index in [-0.39, 0.29) is 0 Å². The topological polar surface area (TPSA) is 41.1 Å². The van der Waals surface area contributed by atoms with Gasteiger partial charge in [-0.05, 0) is 26.0 Å². The van der Waals surface area contributed by atoms with Crippen LogP contribution in [0.5, 0.6) is 0 Å². The molecular formula is C15H20N4S. The Hall–Kier alpha value is -1.30. The molecular weight excluding hydrogens is 268 g/mol. The molecule has 106 valence electrons. The van der Waals surface area contributed by atoms with Gasteiger partial charge in [0, 0.05) is 43.3 Å². The number of piperazine rings is 1. The molecule has 20 heavy (non-hydrogen) atoms. The first-order valence-electron chi connectivity index (χ1n) is 7.09. The van der Waals surface area contributed by atoms with E-state index >= 15 is 0 Å². The van der Waals surface area contributed by atoms with Gasteiger partial charge in [-0.3, -0.25) is 9.88 Å². The van der Waals surface area contributed by atoms with Crippen LogP contribution in [0.4, 0.5) is 0 Å². The first-order valence-corrected chi connectivity index (χ1v) is 7.91. The summed E-state index contributed by atoms with van der Waals surface area (Å²) in [4.78, 5) is 13.0. The third-order valence-electron chi connectivity index (χ3n) is 3.80. The Morgan fingerprint density at radius 1 is 1.30 bits per heavy atom. The maximum atomic E-state index is 4.71. The van der Waals surface area contributed by atoms with E-state index in [0.29, 0.717) is 6.04 Å². The molecule has 1 fully saturated rings. The molecule has 0 bridgehead atoms. The number of aryl methyl sites for hydroxylation is 1. The Morgan fingerprint density at radius 3 is 2.80 bits per heavy atom. The molecule has 3 heterocycles. The van der Waals surface area contributed by atoms with Gasteiger partial charge in [0.15, 0.2) is 0 Å². The molecule has 1 aliphatic heterocycles. The van der Waals surface area contributed by atoms with Crippen LogP contribution in [0.1, 0.15) is 23.5 Å². The van der Waals surface area contributed by atoms with Gasteiger partial charge in [0.05, 0.1) is 11.4 Å². The van der Waals surface area contributed by atoms with Crippen LogP contribution < -0.4 is 5.32 Å². The molecule has 3 rings (SSSR count). The molecule has 2 aromatic heterocycles. The largest absolute Gasteiger partial charge is 0.314 e. The third-order valence-corrected chi connectivity index (χ3v) is 5.15. The summed E-state index contributed by atoms with van der Waals surface area (Å²) in [6.45, 7) is 8.77. The standard InChI is InChI=1S/C15H20N4S/c1-11-14(12(2)19-9-7-16-8-10-19)20-15(18-11)13-5-3-4-6-17-13/h3-6,12,16H,7-10H2,1-2H3. The molecule has 0 aliphatic carbocycles.